The minimum atomic E-state index is -0.509. The van der Waals surface area contributed by atoms with E-state index in [9.17, 15) is 9.59 Å². The zero-order chi connectivity index (χ0) is 18.7. The van der Waals surface area contributed by atoms with Crippen molar-refractivity contribution in [3.05, 3.63) is 35.9 Å². The lowest BCUT2D eigenvalue weighted by Gasteiger charge is -2.37. The van der Waals surface area contributed by atoms with Gasteiger partial charge in [-0.2, -0.15) is 0 Å². The van der Waals surface area contributed by atoms with Gasteiger partial charge in [0.15, 0.2) is 0 Å². The number of likely N-dealkylation sites (tertiary alicyclic amines) is 1. The molecule has 3 rings (SSSR count). The summed E-state index contributed by atoms with van der Waals surface area (Å²) in [5.74, 6) is 0.510. The summed E-state index contributed by atoms with van der Waals surface area (Å²) in [5.41, 5.74) is 0.468. The lowest BCUT2D eigenvalue weighted by atomic mass is 9.92. The molecule has 3 atom stereocenters. The van der Waals surface area contributed by atoms with E-state index < -0.39 is 5.60 Å². The second kappa shape index (κ2) is 7.56. The van der Waals surface area contributed by atoms with Crippen LogP contribution in [0.4, 0.5) is 9.59 Å². The first-order valence-electron chi connectivity index (χ1n) is 9.27. The summed E-state index contributed by atoms with van der Waals surface area (Å²) < 4.78 is 10.8. The maximum Gasteiger partial charge on any atom is 0.410 e. The van der Waals surface area contributed by atoms with Gasteiger partial charge < -0.3 is 19.7 Å². The largest absolute Gasteiger partial charge is 0.445 e. The number of benzene rings is 1. The number of hydrogen-bond acceptors (Lipinski definition) is 4. The van der Waals surface area contributed by atoms with Crippen LogP contribution in [0.25, 0.3) is 0 Å². The molecule has 26 heavy (non-hydrogen) atoms. The summed E-state index contributed by atoms with van der Waals surface area (Å²) in [6.45, 7) is 7.08. The van der Waals surface area contributed by atoms with Crippen LogP contribution >= 0.6 is 0 Å². The Morgan fingerprint density at radius 3 is 2.31 bits per heavy atom. The Balaban J connectivity index is 1.51. The van der Waals surface area contributed by atoms with Gasteiger partial charge in [0.2, 0.25) is 0 Å². The minimum Gasteiger partial charge on any atom is -0.445 e. The van der Waals surface area contributed by atoms with Crippen LogP contribution in [0.1, 0.15) is 39.2 Å². The van der Waals surface area contributed by atoms with Crippen molar-refractivity contribution >= 4 is 12.2 Å². The van der Waals surface area contributed by atoms with Gasteiger partial charge in [0, 0.05) is 19.1 Å². The first kappa shape index (κ1) is 18.5. The van der Waals surface area contributed by atoms with E-state index in [-0.39, 0.29) is 36.7 Å². The van der Waals surface area contributed by atoms with Crippen molar-refractivity contribution in [3.8, 4) is 0 Å². The Morgan fingerprint density at radius 1 is 1.12 bits per heavy atom. The monoisotopic (exact) mass is 360 g/mol. The summed E-state index contributed by atoms with van der Waals surface area (Å²) in [6, 6.07) is 9.74. The molecule has 6 nitrogen and oxygen atoms in total. The predicted molar refractivity (Wildman–Crippen MR) is 97.6 cm³/mol. The summed E-state index contributed by atoms with van der Waals surface area (Å²) in [4.78, 5) is 26.3. The van der Waals surface area contributed by atoms with Gasteiger partial charge in [0.1, 0.15) is 12.2 Å². The Bertz CT molecular complexity index is 627. The van der Waals surface area contributed by atoms with Crippen molar-refractivity contribution in [2.24, 2.45) is 11.8 Å². The Morgan fingerprint density at radius 2 is 1.73 bits per heavy atom. The molecule has 1 N–H and O–H groups in total. The smallest absolute Gasteiger partial charge is 0.410 e. The maximum atomic E-state index is 12.4. The molecule has 0 spiro atoms. The van der Waals surface area contributed by atoms with E-state index in [2.05, 4.69) is 5.32 Å². The van der Waals surface area contributed by atoms with Crippen LogP contribution in [0.5, 0.6) is 0 Å². The van der Waals surface area contributed by atoms with Gasteiger partial charge in [-0.05, 0) is 51.0 Å². The standard InChI is InChI=1S/C20H28N2O4/c1-20(2,3)26-18(23)21-17-15-9-10-16(17)12-22(11-15)19(24)25-13-14-7-5-4-6-8-14/h4-8,15-17H,9-13H2,1-3H3,(H,21,23)/t15-,16+,17-. The summed E-state index contributed by atoms with van der Waals surface area (Å²) in [7, 11) is 0. The number of nitrogens with one attached hydrogen (secondary N) is 1. The van der Waals surface area contributed by atoms with Crippen molar-refractivity contribution in [1.29, 1.82) is 0 Å². The summed E-state index contributed by atoms with van der Waals surface area (Å²) >= 11 is 0. The number of fused-ring (bicyclic) bond motifs is 2. The highest BCUT2D eigenvalue weighted by molar-refractivity contribution is 5.69. The summed E-state index contributed by atoms with van der Waals surface area (Å²) in [5, 5.41) is 3.01. The second-order valence-electron chi connectivity index (χ2n) is 8.21. The van der Waals surface area contributed by atoms with Gasteiger partial charge in [-0.1, -0.05) is 30.3 Å². The molecule has 6 heteroatoms. The highest BCUT2D eigenvalue weighted by Crippen LogP contribution is 2.37. The van der Waals surface area contributed by atoms with E-state index in [1.165, 1.54) is 0 Å². The number of piperidine rings is 1. The van der Waals surface area contributed by atoms with E-state index in [0.29, 0.717) is 13.1 Å². The third kappa shape index (κ3) is 4.68. The Kier molecular flexibility index (Phi) is 5.39. The molecule has 0 radical (unpaired) electrons. The quantitative estimate of drug-likeness (QED) is 0.895. The van der Waals surface area contributed by atoms with Crippen LogP contribution in [0, 0.1) is 11.8 Å². The third-order valence-electron chi connectivity index (χ3n) is 4.98. The lowest BCUT2D eigenvalue weighted by Crippen LogP contribution is -2.54. The van der Waals surface area contributed by atoms with Crippen molar-refractivity contribution in [2.75, 3.05) is 13.1 Å². The van der Waals surface area contributed by atoms with E-state index in [0.717, 1.165) is 18.4 Å². The SMILES string of the molecule is CC(C)(C)OC(=O)N[C@@H]1[C@@H]2CC[C@H]1CN(C(=O)OCc1ccccc1)C2. The molecule has 1 aromatic carbocycles. The van der Waals surface area contributed by atoms with Gasteiger partial charge in [-0.15, -0.1) is 0 Å². The summed E-state index contributed by atoms with van der Waals surface area (Å²) in [6.07, 6.45) is 1.36. The van der Waals surface area contributed by atoms with E-state index in [1.54, 1.807) is 4.90 Å². The number of hydrogen-bond donors (Lipinski definition) is 1. The van der Waals surface area contributed by atoms with Gasteiger partial charge in [-0.3, -0.25) is 0 Å². The zero-order valence-electron chi connectivity index (χ0n) is 15.7. The molecule has 2 bridgehead atoms. The van der Waals surface area contributed by atoms with Crippen LogP contribution < -0.4 is 5.32 Å². The highest BCUT2D eigenvalue weighted by Gasteiger charge is 2.44. The van der Waals surface area contributed by atoms with Crippen molar-refractivity contribution in [1.82, 2.24) is 10.2 Å². The number of carbonyl (C=O) groups is 2. The van der Waals surface area contributed by atoms with Gasteiger partial charge in [0.25, 0.3) is 0 Å². The molecule has 0 unspecified atom stereocenters. The molecule has 2 amide bonds. The fourth-order valence-electron chi connectivity index (χ4n) is 3.86. The number of amides is 2. The molecule has 142 valence electrons. The molecule has 2 aliphatic rings. The first-order chi connectivity index (χ1) is 12.3. The lowest BCUT2D eigenvalue weighted by molar-refractivity contribution is 0.0395. The van der Waals surface area contributed by atoms with E-state index in [1.807, 2.05) is 51.1 Å². The van der Waals surface area contributed by atoms with Gasteiger partial charge in [0.05, 0.1) is 0 Å². The highest BCUT2D eigenvalue weighted by atomic mass is 16.6. The molecular weight excluding hydrogens is 332 g/mol. The number of carbonyl (C=O) groups excluding carboxylic acids is 2. The first-order valence-corrected chi connectivity index (χ1v) is 9.27. The molecule has 1 saturated heterocycles. The minimum absolute atomic E-state index is 0.0722. The molecule has 0 aromatic heterocycles. The van der Waals surface area contributed by atoms with Crippen LogP contribution in [0.2, 0.25) is 0 Å². The number of ether oxygens (including phenoxy) is 2. The predicted octanol–water partition coefficient (Wildman–Crippen LogP) is 3.56. The van der Waals surface area contributed by atoms with Crippen LogP contribution in [-0.2, 0) is 16.1 Å². The van der Waals surface area contributed by atoms with Crippen LogP contribution in [0.3, 0.4) is 0 Å². The topological polar surface area (TPSA) is 67.9 Å². The van der Waals surface area contributed by atoms with Crippen molar-refractivity contribution in [2.45, 2.75) is 51.9 Å². The molecular formula is C20H28N2O4. The normalized spacial score (nSPS) is 24.9. The zero-order valence-corrected chi connectivity index (χ0v) is 15.7. The van der Waals surface area contributed by atoms with Crippen LogP contribution in [0.15, 0.2) is 30.3 Å². The molecule has 1 aliphatic carbocycles. The van der Waals surface area contributed by atoms with E-state index >= 15 is 0 Å². The third-order valence-corrected chi connectivity index (χ3v) is 4.98. The van der Waals surface area contributed by atoms with Crippen molar-refractivity contribution < 1.29 is 19.1 Å². The molecule has 2 fully saturated rings. The van der Waals surface area contributed by atoms with Gasteiger partial charge >= 0.3 is 12.2 Å². The fraction of sp³-hybridized carbons (Fsp3) is 0.600. The number of rotatable bonds is 3. The van der Waals surface area contributed by atoms with E-state index in [4.69, 9.17) is 9.47 Å². The molecule has 1 saturated carbocycles. The van der Waals surface area contributed by atoms with Crippen LogP contribution in [-0.4, -0.2) is 41.8 Å². The average Bonchev–Trinajstić information content (AvgIpc) is 2.80. The Hall–Kier alpha value is -2.24. The second-order valence-corrected chi connectivity index (χ2v) is 8.21. The van der Waals surface area contributed by atoms with Crippen molar-refractivity contribution in [3.63, 3.8) is 0 Å². The molecule has 1 aromatic rings. The average molecular weight is 360 g/mol. The van der Waals surface area contributed by atoms with Gasteiger partial charge in [-0.25, -0.2) is 9.59 Å². The fourth-order valence-corrected chi connectivity index (χ4v) is 3.86. The number of alkyl carbamates (subject to hydrolysis) is 1. The molecule has 1 heterocycles. The Labute approximate surface area is 154 Å². The number of nitrogens with zero attached hydrogens (tertiary/aromatic N) is 1. The molecule has 1 aliphatic heterocycles. The maximum absolute atomic E-state index is 12.4.